The van der Waals surface area contributed by atoms with E-state index in [-0.39, 0.29) is 11.7 Å². The van der Waals surface area contributed by atoms with E-state index in [1.807, 2.05) is 11.4 Å². The van der Waals surface area contributed by atoms with Gasteiger partial charge < -0.3 is 9.84 Å². The van der Waals surface area contributed by atoms with Crippen LogP contribution in [0.3, 0.4) is 0 Å². The quantitative estimate of drug-likeness (QED) is 0.844. The number of hydrogen-bond donors (Lipinski definition) is 1. The molecule has 3 rings (SSSR count). The second-order valence-electron chi connectivity index (χ2n) is 5.92. The van der Waals surface area contributed by atoms with Gasteiger partial charge in [-0.2, -0.15) is 0 Å². The minimum atomic E-state index is -0.336. The summed E-state index contributed by atoms with van der Waals surface area (Å²) in [5, 5.41) is 12.7. The standard InChI is InChI=1S/C15H21BrO2S/c16-12-5-9-19-14(12)13(17)11-4-8-18-15(10-11)6-2-1-3-7-15/h5,9,11,13,17H,1-4,6-8,10H2. The Hall–Kier alpha value is 0.1000. The highest BCUT2D eigenvalue weighted by Gasteiger charge is 2.41. The molecule has 4 heteroatoms. The molecule has 1 spiro atoms. The van der Waals surface area contributed by atoms with Crippen LogP contribution in [0, 0.1) is 5.92 Å². The van der Waals surface area contributed by atoms with Crippen molar-refractivity contribution in [1.82, 2.24) is 0 Å². The van der Waals surface area contributed by atoms with Crippen LogP contribution in [0.2, 0.25) is 0 Å². The number of aliphatic hydroxyl groups excluding tert-OH is 1. The Morgan fingerprint density at radius 3 is 2.84 bits per heavy atom. The van der Waals surface area contributed by atoms with Gasteiger partial charge in [-0.25, -0.2) is 0 Å². The van der Waals surface area contributed by atoms with E-state index >= 15 is 0 Å². The maximum atomic E-state index is 10.7. The van der Waals surface area contributed by atoms with E-state index in [1.165, 1.54) is 32.1 Å². The predicted molar refractivity (Wildman–Crippen MR) is 81.5 cm³/mol. The second kappa shape index (κ2) is 5.84. The van der Waals surface area contributed by atoms with Crippen LogP contribution in [-0.4, -0.2) is 17.3 Å². The predicted octanol–water partition coefficient (Wildman–Crippen LogP) is 4.67. The highest BCUT2D eigenvalue weighted by atomic mass is 79.9. The molecular weight excluding hydrogens is 324 g/mol. The zero-order chi connectivity index (χ0) is 13.3. The Morgan fingerprint density at radius 1 is 1.37 bits per heavy atom. The first-order valence-corrected chi connectivity index (χ1v) is 8.92. The van der Waals surface area contributed by atoms with Crippen LogP contribution in [0.1, 0.15) is 55.9 Å². The Balaban J connectivity index is 1.72. The van der Waals surface area contributed by atoms with Crippen molar-refractivity contribution >= 4 is 27.3 Å². The average molecular weight is 345 g/mol. The summed E-state index contributed by atoms with van der Waals surface area (Å²) in [5.74, 6) is 0.349. The van der Waals surface area contributed by atoms with Crippen molar-refractivity contribution in [2.45, 2.75) is 56.7 Å². The molecule has 2 aliphatic rings. The van der Waals surface area contributed by atoms with Gasteiger partial charge in [0.1, 0.15) is 0 Å². The summed E-state index contributed by atoms with van der Waals surface area (Å²) >= 11 is 5.19. The van der Waals surface area contributed by atoms with Gasteiger partial charge in [-0.05, 0) is 59.0 Å². The van der Waals surface area contributed by atoms with E-state index in [2.05, 4.69) is 15.9 Å². The van der Waals surface area contributed by atoms with Crippen molar-refractivity contribution in [3.8, 4) is 0 Å². The molecule has 2 fully saturated rings. The lowest BCUT2D eigenvalue weighted by molar-refractivity contribution is -0.133. The highest BCUT2D eigenvalue weighted by molar-refractivity contribution is 9.10. The molecule has 0 bridgehead atoms. The Kier molecular flexibility index (Phi) is 4.32. The Morgan fingerprint density at radius 2 is 2.16 bits per heavy atom. The van der Waals surface area contributed by atoms with E-state index < -0.39 is 0 Å². The second-order valence-corrected chi connectivity index (χ2v) is 7.72. The minimum Gasteiger partial charge on any atom is -0.387 e. The van der Waals surface area contributed by atoms with Gasteiger partial charge in [0.05, 0.1) is 11.7 Å². The van der Waals surface area contributed by atoms with Crippen molar-refractivity contribution < 1.29 is 9.84 Å². The molecule has 0 amide bonds. The molecule has 1 N–H and O–H groups in total. The molecule has 2 atom stereocenters. The van der Waals surface area contributed by atoms with Gasteiger partial charge in [0, 0.05) is 16.0 Å². The third-order valence-electron chi connectivity index (χ3n) is 4.66. The first kappa shape index (κ1) is 14.1. The molecule has 2 unspecified atom stereocenters. The van der Waals surface area contributed by atoms with E-state index in [1.54, 1.807) is 11.3 Å². The van der Waals surface area contributed by atoms with Crippen molar-refractivity contribution in [1.29, 1.82) is 0 Å². The molecule has 2 heterocycles. The number of thiophene rings is 1. The van der Waals surface area contributed by atoms with Crippen LogP contribution in [0.4, 0.5) is 0 Å². The maximum absolute atomic E-state index is 10.7. The van der Waals surface area contributed by atoms with Gasteiger partial charge in [0.2, 0.25) is 0 Å². The number of rotatable bonds is 2. The third-order valence-corrected chi connectivity index (χ3v) is 6.60. The van der Waals surface area contributed by atoms with Crippen molar-refractivity contribution in [2.24, 2.45) is 5.92 Å². The molecule has 0 aromatic carbocycles. The first-order valence-electron chi connectivity index (χ1n) is 7.25. The lowest BCUT2D eigenvalue weighted by Gasteiger charge is -2.44. The summed E-state index contributed by atoms with van der Waals surface area (Å²) in [4.78, 5) is 1.08. The number of halogens is 1. The fraction of sp³-hybridized carbons (Fsp3) is 0.733. The molecule has 19 heavy (non-hydrogen) atoms. The molecule has 1 aromatic rings. The third kappa shape index (κ3) is 2.92. The smallest absolute Gasteiger partial charge is 0.0923 e. The van der Waals surface area contributed by atoms with Crippen LogP contribution < -0.4 is 0 Å². The zero-order valence-electron chi connectivity index (χ0n) is 11.1. The van der Waals surface area contributed by atoms with E-state index in [4.69, 9.17) is 4.74 Å². The zero-order valence-corrected chi connectivity index (χ0v) is 13.5. The lowest BCUT2D eigenvalue weighted by Crippen LogP contribution is -2.42. The molecule has 1 saturated carbocycles. The molecule has 1 aromatic heterocycles. The topological polar surface area (TPSA) is 29.5 Å². The molecule has 1 saturated heterocycles. The summed E-state index contributed by atoms with van der Waals surface area (Å²) in [7, 11) is 0. The molecule has 1 aliphatic carbocycles. The van der Waals surface area contributed by atoms with Crippen molar-refractivity contribution in [3.63, 3.8) is 0 Å². The molecule has 1 aliphatic heterocycles. The first-order chi connectivity index (χ1) is 9.20. The van der Waals surface area contributed by atoms with Gasteiger partial charge in [0.15, 0.2) is 0 Å². The van der Waals surface area contributed by atoms with E-state index in [0.717, 1.165) is 28.8 Å². The van der Waals surface area contributed by atoms with Gasteiger partial charge in [-0.1, -0.05) is 19.3 Å². The van der Waals surface area contributed by atoms with Crippen LogP contribution in [0.25, 0.3) is 0 Å². The Bertz CT molecular complexity index is 420. The maximum Gasteiger partial charge on any atom is 0.0923 e. The monoisotopic (exact) mass is 344 g/mol. The summed E-state index contributed by atoms with van der Waals surface area (Å²) < 4.78 is 7.17. The normalized spacial score (nSPS) is 28.4. The molecule has 106 valence electrons. The number of hydrogen-bond acceptors (Lipinski definition) is 3. The summed E-state index contributed by atoms with van der Waals surface area (Å²) in [6.45, 7) is 0.810. The number of ether oxygens (including phenoxy) is 1. The van der Waals surface area contributed by atoms with Gasteiger partial charge in [-0.15, -0.1) is 11.3 Å². The fourth-order valence-corrected chi connectivity index (χ4v) is 5.30. The summed E-state index contributed by atoms with van der Waals surface area (Å²) in [6, 6.07) is 2.03. The largest absolute Gasteiger partial charge is 0.387 e. The fourth-order valence-electron chi connectivity index (χ4n) is 3.61. The van der Waals surface area contributed by atoms with Crippen molar-refractivity contribution in [2.75, 3.05) is 6.61 Å². The molecule has 0 radical (unpaired) electrons. The minimum absolute atomic E-state index is 0.0753. The summed E-state index contributed by atoms with van der Waals surface area (Å²) in [6.07, 6.45) is 7.94. The van der Waals surface area contributed by atoms with Gasteiger partial charge >= 0.3 is 0 Å². The van der Waals surface area contributed by atoms with Crippen LogP contribution >= 0.6 is 27.3 Å². The molecular formula is C15H21BrO2S. The highest BCUT2D eigenvalue weighted by Crippen LogP contribution is 2.45. The SMILES string of the molecule is OC(c1sccc1Br)C1CCOC2(CCCCC2)C1. The van der Waals surface area contributed by atoms with Crippen molar-refractivity contribution in [3.05, 3.63) is 20.8 Å². The van der Waals surface area contributed by atoms with Crippen LogP contribution in [-0.2, 0) is 4.74 Å². The van der Waals surface area contributed by atoms with E-state index in [9.17, 15) is 5.11 Å². The Labute approximate surface area is 127 Å². The average Bonchev–Trinajstić information content (AvgIpc) is 2.85. The lowest BCUT2D eigenvalue weighted by atomic mass is 9.74. The van der Waals surface area contributed by atoms with Crippen LogP contribution in [0.5, 0.6) is 0 Å². The number of aliphatic hydroxyl groups is 1. The summed E-state index contributed by atoms with van der Waals surface area (Å²) in [5.41, 5.74) is 0.0753. The molecule has 2 nitrogen and oxygen atoms in total. The van der Waals surface area contributed by atoms with Crippen LogP contribution in [0.15, 0.2) is 15.9 Å². The van der Waals surface area contributed by atoms with E-state index in [0.29, 0.717) is 5.92 Å². The van der Waals surface area contributed by atoms with Gasteiger partial charge in [-0.3, -0.25) is 0 Å². The van der Waals surface area contributed by atoms with Gasteiger partial charge in [0.25, 0.3) is 0 Å².